The van der Waals surface area contributed by atoms with Crippen molar-refractivity contribution in [2.75, 3.05) is 0 Å². The van der Waals surface area contributed by atoms with Gasteiger partial charge in [0, 0.05) is 6.04 Å². The molecule has 1 saturated carbocycles. The van der Waals surface area contributed by atoms with Gasteiger partial charge < -0.3 is 5.32 Å². The number of amides is 1. The number of benzene rings is 1. The van der Waals surface area contributed by atoms with Gasteiger partial charge in [-0.05, 0) is 31.1 Å². The normalized spacial score (nSPS) is 16.0. The van der Waals surface area contributed by atoms with E-state index in [0.717, 1.165) is 36.7 Å². The van der Waals surface area contributed by atoms with Crippen molar-refractivity contribution >= 4 is 23.0 Å². The van der Waals surface area contributed by atoms with Crippen molar-refractivity contribution in [3.63, 3.8) is 0 Å². The summed E-state index contributed by atoms with van der Waals surface area (Å²) in [5, 5.41) is 12.2. The van der Waals surface area contributed by atoms with Crippen molar-refractivity contribution in [3.05, 3.63) is 41.7 Å². The molecule has 23 heavy (non-hydrogen) atoms. The minimum Gasteiger partial charge on any atom is -0.349 e. The van der Waals surface area contributed by atoms with Crippen molar-refractivity contribution in [2.45, 2.75) is 38.1 Å². The van der Waals surface area contributed by atoms with Crippen LogP contribution >= 0.6 is 0 Å². The molecule has 1 aromatic carbocycles. The van der Waals surface area contributed by atoms with Gasteiger partial charge in [-0.2, -0.15) is 5.26 Å². The van der Waals surface area contributed by atoms with Crippen molar-refractivity contribution < 1.29 is 4.79 Å². The van der Waals surface area contributed by atoms with Crippen LogP contribution in [-0.4, -0.2) is 21.9 Å². The maximum atomic E-state index is 12.3. The van der Waals surface area contributed by atoms with E-state index in [1.165, 1.54) is 12.5 Å². The van der Waals surface area contributed by atoms with Gasteiger partial charge in [0.05, 0.1) is 22.9 Å². The molecule has 3 rings (SSSR count). The molecule has 1 aliphatic rings. The summed E-state index contributed by atoms with van der Waals surface area (Å²) in [7, 11) is 0. The minimum atomic E-state index is -0.325. The first-order valence-corrected chi connectivity index (χ1v) is 7.91. The maximum Gasteiger partial charge on any atom is 0.262 e. The largest absolute Gasteiger partial charge is 0.349 e. The molecule has 0 spiro atoms. The maximum absolute atomic E-state index is 12.3. The van der Waals surface area contributed by atoms with Crippen LogP contribution in [-0.2, 0) is 4.79 Å². The molecule has 1 aliphatic carbocycles. The number of para-hydroxylation sites is 2. The number of fused-ring (bicyclic) bond motifs is 1. The second-order valence-corrected chi connectivity index (χ2v) is 5.76. The summed E-state index contributed by atoms with van der Waals surface area (Å²) in [5.74, 6) is -0.325. The van der Waals surface area contributed by atoms with Crippen LogP contribution in [0.3, 0.4) is 0 Å². The highest BCUT2D eigenvalue weighted by molar-refractivity contribution is 6.01. The van der Waals surface area contributed by atoms with Gasteiger partial charge >= 0.3 is 0 Å². The summed E-state index contributed by atoms with van der Waals surface area (Å²) in [6.45, 7) is 0. The number of carbonyl (C=O) groups is 1. The Morgan fingerprint density at radius 3 is 2.70 bits per heavy atom. The minimum absolute atomic E-state index is 0.0696. The predicted molar refractivity (Wildman–Crippen MR) is 88.1 cm³/mol. The fourth-order valence-electron chi connectivity index (χ4n) is 2.85. The number of carbonyl (C=O) groups excluding carboxylic acids is 1. The molecule has 5 heteroatoms. The molecule has 2 aromatic rings. The molecule has 0 radical (unpaired) electrons. The van der Waals surface area contributed by atoms with Gasteiger partial charge in [-0.1, -0.05) is 31.4 Å². The number of rotatable bonds is 3. The van der Waals surface area contributed by atoms with Gasteiger partial charge in [0.1, 0.15) is 11.6 Å². The lowest BCUT2D eigenvalue weighted by molar-refractivity contribution is -0.117. The Bertz CT molecular complexity index is 785. The quantitative estimate of drug-likeness (QED) is 0.698. The van der Waals surface area contributed by atoms with E-state index in [0.29, 0.717) is 5.69 Å². The fraction of sp³-hybridized carbons (Fsp3) is 0.333. The lowest BCUT2D eigenvalue weighted by atomic mass is 9.95. The van der Waals surface area contributed by atoms with E-state index in [2.05, 4.69) is 15.3 Å². The molecule has 1 heterocycles. The third-order valence-corrected chi connectivity index (χ3v) is 4.06. The zero-order valence-electron chi connectivity index (χ0n) is 12.8. The lowest BCUT2D eigenvalue weighted by Crippen LogP contribution is -2.36. The Kier molecular flexibility index (Phi) is 4.62. The Labute approximate surface area is 135 Å². The standard InChI is InChI=1S/C18H18N4O/c19-11-13(18(23)22-14-6-2-1-3-7-14)10-15-12-20-16-8-4-5-9-17(16)21-15/h4-5,8-10,12,14H,1-3,6-7H2,(H,22,23)/b13-10+. The molecule has 1 N–H and O–H groups in total. The molecule has 0 saturated heterocycles. The Morgan fingerprint density at radius 1 is 1.22 bits per heavy atom. The van der Waals surface area contributed by atoms with Crippen LogP contribution < -0.4 is 5.32 Å². The number of nitrogens with one attached hydrogen (secondary N) is 1. The first-order chi connectivity index (χ1) is 11.3. The van der Waals surface area contributed by atoms with E-state index in [-0.39, 0.29) is 17.5 Å². The smallest absolute Gasteiger partial charge is 0.262 e. The van der Waals surface area contributed by atoms with Gasteiger partial charge in [-0.3, -0.25) is 9.78 Å². The van der Waals surface area contributed by atoms with Crippen molar-refractivity contribution in [2.24, 2.45) is 0 Å². The summed E-state index contributed by atoms with van der Waals surface area (Å²) in [6, 6.07) is 9.65. The average molecular weight is 306 g/mol. The van der Waals surface area contributed by atoms with Gasteiger partial charge in [0.15, 0.2) is 0 Å². The summed E-state index contributed by atoms with van der Waals surface area (Å²) in [5.41, 5.74) is 2.11. The van der Waals surface area contributed by atoms with E-state index < -0.39 is 0 Å². The molecule has 1 aromatic heterocycles. The van der Waals surface area contributed by atoms with Crippen molar-refractivity contribution in [3.8, 4) is 6.07 Å². The van der Waals surface area contributed by atoms with Crippen molar-refractivity contribution in [1.29, 1.82) is 5.26 Å². The van der Waals surface area contributed by atoms with E-state index >= 15 is 0 Å². The van der Waals surface area contributed by atoms with E-state index in [4.69, 9.17) is 0 Å². The Morgan fingerprint density at radius 2 is 1.96 bits per heavy atom. The van der Waals surface area contributed by atoms with Gasteiger partial charge in [-0.15, -0.1) is 0 Å². The molecule has 0 unspecified atom stereocenters. The molecule has 0 bridgehead atoms. The lowest BCUT2D eigenvalue weighted by Gasteiger charge is -2.22. The van der Waals surface area contributed by atoms with Gasteiger partial charge in [-0.25, -0.2) is 4.98 Å². The third-order valence-electron chi connectivity index (χ3n) is 4.06. The number of nitrogens with zero attached hydrogens (tertiary/aromatic N) is 3. The van der Waals surface area contributed by atoms with E-state index in [9.17, 15) is 10.1 Å². The monoisotopic (exact) mass is 306 g/mol. The first kappa shape index (κ1) is 15.2. The summed E-state index contributed by atoms with van der Waals surface area (Å²) < 4.78 is 0. The summed E-state index contributed by atoms with van der Waals surface area (Å²) in [4.78, 5) is 21.0. The van der Waals surface area contributed by atoms with Crippen molar-refractivity contribution in [1.82, 2.24) is 15.3 Å². The molecule has 5 nitrogen and oxygen atoms in total. The highest BCUT2D eigenvalue weighted by atomic mass is 16.1. The van der Waals surface area contributed by atoms with Crippen LogP contribution in [0.1, 0.15) is 37.8 Å². The highest BCUT2D eigenvalue weighted by Crippen LogP contribution is 2.18. The van der Waals surface area contributed by atoms with Crippen LogP contribution in [0.4, 0.5) is 0 Å². The zero-order valence-corrected chi connectivity index (χ0v) is 12.8. The second-order valence-electron chi connectivity index (χ2n) is 5.76. The number of hydrogen-bond acceptors (Lipinski definition) is 4. The average Bonchev–Trinajstić information content (AvgIpc) is 2.60. The molecule has 1 amide bonds. The Hall–Kier alpha value is -2.74. The SMILES string of the molecule is N#C/C(=C\c1cnc2ccccc2n1)C(=O)NC1CCCCC1. The van der Waals surface area contributed by atoms with Crippen LogP contribution in [0.25, 0.3) is 17.1 Å². The van der Waals surface area contributed by atoms with Crippen LogP contribution in [0.2, 0.25) is 0 Å². The molecule has 116 valence electrons. The molecule has 0 aliphatic heterocycles. The van der Waals surface area contributed by atoms with Crippen LogP contribution in [0, 0.1) is 11.3 Å². The number of nitriles is 1. The Balaban J connectivity index is 1.79. The molecular formula is C18H18N4O. The second kappa shape index (κ2) is 7.01. The molecule has 1 fully saturated rings. The van der Waals surface area contributed by atoms with E-state index in [1.54, 1.807) is 6.20 Å². The fourth-order valence-corrected chi connectivity index (χ4v) is 2.85. The number of aromatic nitrogens is 2. The number of hydrogen-bond donors (Lipinski definition) is 1. The molecular weight excluding hydrogens is 288 g/mol. The first-order valence-electron chi connectivity index (χ1n) is 7.91. The topological polar surface area (TPSA) is 78.7 Å². The van der Waals surface area contributed by atoms with E-state index in [1.807, 2.05) is 30.3 Å². The molecule has 0 atom stereocenters. The van der Waals surface area contributed by atoms with Crippen LogP contribution in [0.5, 0.6) is 0 Å². The summed E-state index contributed by atoms with van der Waals surface area (Å²) >= 11 is 0. The highest BCUT2D eigenvalue weighted by Gasteiger charge is 2.18. The predicted octanol–water partition coefficient (Wildman–Crippen LogP) is 2.99. The van der Waals surface area contributed by atoms with Crippen LogP contribution in [0.15, 0.2) is 36.0 Å². The third kappa shape index (κ3) is 3.72. The zero-order chi connectivity index (χ0) is 16.1. The van der Waals surface area contributed by atoms with Gasteiger partial charge in [0.2, 0.25) is 0 Å². The van der Waals surface area contributed by atoms with Gasteiger partial charge in [0.25, 0.3) is 5.91 Å². The summed E-state index contributed by atoms with van der Waals surface area (Å²) in [6.07, 6.45) is 8.53.